The van der Waals surface area contributed by atoms with E-state index in [4.69, 9.17) is 4.74 Å². The van der Waals surface area contributed by atoms with Crippen molar-refractivity contribution in [2.24, 2.45) is 0 Å². The molecule has 1 aromatic heterocycles. The van der Waals surface area contributed by atoms with E-state index in [0.29, 0.717) is 10.6 Å². The predicted octanol–water partition coefficient (Wildman–Crippen LogP) is 1.80. The molecule has 0 atom stereocenters. The highest BCUT2D eigenvalue weighted by Crippen LogP contribution is 2.15. The molecule has 5 heteroatoms. The number of hydrogen-bond acceptors (Lipinski definition) is 5. The second kappa shape index (κ2) is 3.41. The van der Waals surface area contributed by atoms with Crippen LogP contribution in [-0.2, 0) is 4.74 Å². The Bertz CT molecular complexity index is 314. The van der Waals surface area contributed by atoms with Crippen molar-refractivity contribution < 1.29 is 9.53 Å². The molecule has 0 aliphatic heterocycles. The predicted molar refractivity (Wildman–Crippen MR) is 49.8 cm³/mol. The molecule has 0 spiro atoms. The first-order chi connectivity index (χ1) is 5.90. The van der Waals surface area contributed by atoms with Crippen molar-refractivity contribution >= 4 is 17.5 Å². The fourth-order valence-corrected chi connectivity index (χ4v) is 1.28. The maximum Gasteiger partial charge on any atom is 0.352 e. The van der Waals surface area contributed by atoms with Crippen LogP contribution in [0.15, 0.2) is 0 Å². The zero-order valence-electron chi connectivity index (χ0n) is 8.12. The Morgan fingerprint density at radius 1 is 1.46 bits per heavy atom. The molecular formula is C8H12N2O2S. The van der Waals surface area contributed by atoms with Crippen molar-refractivity contribution in [3.8, 4) is 0 Å². The smallest absolute Gasteiger partial charge is 0.352 e. The highest BCUT2D eigenvalue weighted by Gasteiger charge is 2.21. The number of aryl methyl sites for hydroxylation is 1. The lowest BCUT2D eigenvalue weighted by molar-refractivity contribution is 0.00742. The van der Waals surface area contributed by atoms with Crippen molar-refractivity contribution in [3.05, 3.63) is 10.6 Å². The second-order valence-corrected chi connectivity index (χ2v) is 4.44. The molecule has 0 bridgehead atoms. The molecule has 0 amide bonds. The van der Waals surface area contributed by atoms with Crippen LogP contribution in [0.4, 0.5) is 0 Å². The van der Waals surface area contributed by atoms with E-state index in [1.807, 2.05) is 20.8 Å². The average Bonchev–Trinajstić information content (AvgIpc) is 2.30. The molecule has 0 saturated heterocycles. The molecule has 0 fully saturated rings. The first-order valence-corrected chi connectivity index (χ1v) is 4.70. The highest BCUT2D eigenvalue weighted by molar-refractivity contribution is 7.07. The van der Waals surface area contributed by atoms with Gasteiger partial charge in [0.2, 0.25) is 0 Å². The van der Waals surface area contributed by atoms with Gasteiger partial charge in [0.15, 0.2) is 4.88 Å². The van der Waals surface area contributed by atoms with Gasteiger partial charge in [0, 0.05) is 0 Å². The summed E-state index contributed by atoms with van der Waals surface area (Å²) in [6.45, 7) is 7.22. The number of hydrogen-bond donors (Lipinski definition) is 0. The minimum atomic E-state index is -0.465. The number of carbonyl (C=O) groups is 1. The van der Waals surface area contributed by atoms with Gasteiger partial charge < -0.3 is 4.74 Å². The molecule has 1 heterocycles. The molecule has 13 heavy (non-hydrogen) atoms. The quantitative estimate of drug-likeness (QED) is 0.649. The summed E-state index contributed by atoms with van der Waals surface area (Å²) in [5.74, 6) is -0.347. The lowest BCUT2D eigenvalue weighted by Gasteiger charge is -2.18. The number of nitrogens with zero attached hydrogens (tertiary/aromatic N) is 2. The van der Waals surface area contributed by atoms with Gasteiger partial charge in [-0.1, -0.05) is 4.49 Å². The molecule has 1 rings (SSSR count). The van der Waals surface area contributed by atoms with Crippen molar-refractivity contribution in [3.63, 3.8) is 0 Å². The summed E-state index contributed by atoms with van der Waals surface area (Å²) in [6, 6.07) is 0. The van der Waals surface area contributed by atoms with Crippen LogP contribution in [0, 0.1) is 6.92 Å². The van der Waals surface area contributed by atoms with Crippen LogP contribution in [0.2, 0.25) is 0 Å². The molecule has 0 saturated carbocycles. The van der Waals surface area contributed by atoms with E-state index in [-0.39, 0.29) is 5.97 Å². The monoisotopic (exact) mass is 200 g/mol. The third kappa shape index (κ3) is 2.77. The molecule has 72 valence electrons. The van der Waals surface area contributed by atoms with Crippen molar-refractivity contribution in [2.75, 3.05) is 0 Å². The van der Waals surface area contributed by atoms with Gasteiger partial charge >= 0.3 is 5.97 Å². The summed E-state index contributed by atoms with van der Waals surface area (Å²) in [5, 5.41) is 3.74. The lowest BCUT2D eigenvalue weighted by Crippen LogP contribution is -2.23. The van der Waals surface area contributed by atoms with Crippen molar-refractivity contribution in [1.29, 1.82) is 0 Å². The average molecular weight is 200 g/mol. The van der Waals surface area contributed by atoms with Crippen LogP contribution in [0.25, 0.3) is 0 Å². The largest absolute Gasteiger partial charge is 0.456 e. The zero-order chi connectivity index (χ0) is 10.1. The number of rotatable bonds is 1. The SMILES string of the molecule is Cc1nnsc1C(=O)OC(C)(C)C. The van der Waals surface area contributed by atoms with Crippen LogP contribution in [0.5, 0.6) is 0 Å². The summed E-state index contributed by atoms with van der Waals surface area (Å²) < 4.78 is 8.82. The van der Waals surface area contributed by atoms with Crippen LogP contribution in [0.1, 0.15) is 36.1 Å². The van der Waals surface area contributed by atoms with Crippen LogP contribution < -0.4 is 0 Å². The zero-order valence-corrected chi connectivity index (χ0v) is 8.94. The Labute approximate surface area is 81.1 Å². The van der Waals surface area contributed by atoms with E-state index >= 15 is 0 Å². The Hall–Kier alpha value is -0.970. The summed E-state index contributed by atoms with van der Waals surface area (Å²) in [7, 11) is 0. The van der Waals surface area contributed by atoms with Gasteiger partial charge in [0.1, 0.15) is 5.60 Å². The molecule has 0 unspecified atom stereocenters. The number of ether oxygens (including phenoxy) is 1. The Kier molecular flexibility index (Phi) is 2.66. The third-order valence-corrected chi connectivity index (χ3v) is 2.04. The van der Waals surface area contributed by atoms with Gasteiger partial charge in [-0.3, -0.25) is 0 Å². The second-order valence-electron chi connectivity index (χ2n) is 3.69. The van der Waals surface area contributed by atoms with Gasteiger partial charge in [-0.05, 0) is 39.2 Å². The van der Waals surface area contributed by atoms with Crippen LogP contribution in [-0.4, -0.2) is 21.2 Å². The van der Waals surface area contributed by atoms with E-state index in [9.17, 15) is 4.79 Å². The molecule has 0 aromatic carbocycles. The van der Waals surface area contributed by atoms with Crippen LogP contribution in [0.3, 0.4) is 0 Å². The molecule has 0 N–H and O–H groups in total. The summed E-state index contributed by atoms with van der Waals surface area (Å²) in [5.41, 5.74) is 0.160. The molecular weight excluding hydrogens is 188 g/mol. The Balaban J connectivity index is 2.76. The van der Waals surface area contributed by atoms with Gasteiger partial charge in [0.05, 0.1) is 5.69 Å². The van der Waals surface area contributed by atoms with Gasteiger partial charge in [-0.15, -0.1) is 5.10 Å². The summed E-state index contributed by atoms with van der Waals surface area (Å²) in [6.07, 6.45) is 0. The lowest BCUT2D eigenvalue weighted by atomic mass is 10.2. The highest BCUT2D eigenvalue weighted by atomic mass is 32.1. The van der Waals surface area contributed by atoms with E-state index in [0.717, 1.165) is 11.5 Å². The molecule has 0 aliphatic rings. The van der Waals surface area contributed by atoms with E-state index in [2.05, 4.69) is 9.59 Å². The van der Waals surface area contributed by atoms with E-state index in [1.165, 1.54) is 0 Å². The van der Waals surface area contributed by atoms with E-state index < -0.39 is 5.60 Å². The first kappa shape index (κ1) is 10.1. The van der Waals surface area contributed by atoms with E-state index in [1.54, 1.807) is 6.92 Å². The Morgan fingerprint density at radius 3 is 2.46 bits per heavy atom. The van der Waals surface area contributed by atoms with Gasteiger partial charge in [0.25, 0.3) is 0 Å². The fraction of sp³-hybridized carbons (Fsp3) is 0.625. The number of carbonyl (C=O) groups excluding carboxylic acids is 1. The number of esters is 1. The van der Waals surface area contributed by atoms with Crippen molar-refractivity contribution in [1.82, 2.24) is 9.59 Å². The van der Waals surface area contributed by atoms with Gasteiger partial charge in [-0.2, -0.15) is 0 Å². The minimum Gasteiger partial charge on any atom is -0.456 e. The third-order valence-electron chi connectivity index (χ3n) is 1.24. The van der Waals surface area contributed by atoms with Crippen molar-refractivity contribution in [2.45, 2.75) is 33.3 Å². The maximum absolute atomic E-state index is 11.5. The normalized spacial score (nSPS) is 11.4. The number of aromatic nitrogens is 2. The standard InChI is InChI=1S/C8H12N2O2S/c1-5-6(13-10-9-5)7(11)12-8(2,3)4/h1-4H3. The Morgan fingerprint density at radius 2 is 2.08 bits per heavy atom. The maximum atomic E-state index is 11.5. The molecule has 4 nitrogen and oxygen atoms in total. The topological polar surface area (TPSA) is 52.1 Å². The molecule has 0 radical (unpaired) electrons. The molecule has 1 aromatic rings. The minimum absolute atomic E-state index is 0.347. The summed E-state index contributed by atoms with van der Waals surface area (Å²) in [4.78, 5) is 11.9. The fourth-order valence-electron chi connectivity index (χ4n) is 0.743. The molecule has 0 aliphatic carbocycles. The van der Waals surface area contributed by atoms with Gasteiger partial charge in [-0.25, -0.2) is 4.79 Å². The van der Waals surface area contributed by atoms with Crippen LogP contribution >= 0.6 is 11.5 Å². The first-order valence-electron chi connectivity index (χ1n) is 3.92. The summed E-state index contributed by atoms with van der Waals surface area (Å²) >= 11 is 1.06.